The van der Waals surface area contributed by atoms with Gasteiger partial charge in [-0.25, -0.2) is 4.98 Å². The van der Waals surface area contributed by atoms with E-state index in [1.165, 1.54) is 11.3 Å². The topological polar surface area (TPSA) is 65.8 Å². The van der Waals surface area contributed by atoms with Crippen LogP contribution in [0.1, 0.15) is 35.1 Å². The van der Waals surface area contributed by atoms with Gasteiger partial charge in [0.05, 0.1) is 17.0 Å². The Labute approximate surface area is 170 Å². The van der Waals surface area contributed by atoms with Crippen molar-refractivity contribution in [2.24, 2.45) is 5.41 Å². The summed E-state index contributed by atoms with van der Waals surface area (Å²) in [5.74, 6) is -0.186. The molecular weight excluding hydrogens is 422 g/mol. The average Bonchev–Trinajstić information content (AvgIpc) is 3.27. The van der Waals surface area contributed by atoms with E-state index in [9.17, 15) is 10.1 Å². The number of hydrogen-bond donors (Lipinski definition) is 1. The molecule has 27 heavy (non-hydrogen) atoms. The van der Waals surface area contributed by atoms with E-state index in [-0.39, 0.29) is 11.8 Å². The van der Waals surface area contributed by atoms with Crippen LogP contribution in [0.3, 0.4) is 0 Å². The molecule has 1 aliphatic carbocycles. The van der Waals surface area contributed by atoms with Gasteiger partial charge in [-0.15, -0.1) is 11.3 Å². The van der Waals surface area contributed by atoms with E-state index < -0.39 is 5.41 Å². The molecule has 2 atom stereocenters. The number of anilines is 1. The minimum atomic E-state index is -0.671. The molecule has 6 heteroatoms. The van der Waals surface area contributed by atoms with Crippen LogP contribution in [0.4, 0.5) is 5.13 Å². The summed E-state index contributed by atoms with van der Waals surface area (Å²) in [4.78, 5) is 17.5. The van der Waals surface area contributed by atoms with Crippen LogP contribution in [0.2, 0.25) is 0 Å². The molecule has 0 bridgehead atoms. The predicted molar refractivity (Wildman–Crippen MR) is 110 cm³/mol. The van der Waals surface area contributed by atoms with Crippen LogP contribution in [0.25, 0.3) is 0 Å². The highest BCUT2D eigenvalue weighted by molar-refractivity contribution is 9.10. The van der Waals surface area contributed by atoms with Crippen molar-refractivity contribution in [2.45, 2.75) is 19.3 Å². The number of fused-ring (bicyclic) bond motifs is 1. The Bertz CT molecular complexity index is 1040. The lowest BCUT2D eigenvalue weighted by molar-refractivity contribution is -0.125. The molecule has 0 aliphatic heterocycles. The van der Waals surface area contributed by atoms with Gasteiger partial charge in [-0.05, 0) is 54.3 Å². The highest BCUT2D eigenvalue weighted by Crippen LogP contribution is 2.51. The number of carbonyl (C=O) groups excluding carboxylic acids is 1. The monoisotopic (exact) mass is 437 g/mol. The van der Waals surface area contributed by atoms with Crippen molar-refractivity contribution in [3.8, 4) is 6.07 Å². The maximum atomic E-state index is 13.3. The molecule has 3 aromatic rings. The van der Waals surface area contributed by atoms with Gasteiger partial charge in [-0.2, -0.15) is 5.26 Å². The quantitative estimate of drug-likeness (QED) is 0.618. The molecule has 1 heterocycles. The summed E-state index contributed by atoms with van der Waals surface area (Å²) < 4.78 is 0.990. The number of rotatable bonds is 3. The van der Waals surface area contributed by atoms with Crippen LogP contribution in [-0.4, -0.2) is 10.9 Å². The van der Waals surface area contributed by atoms with Crippen LogP contribution in [0.5, 0.6) is 0 Å². The van der Waals surface area contributed by atoms with Crippen molar-refractivity contribution in [3.63, 3.8) is 0 Å². The number of carbonyl (C=O) groups is 1. The normalized spacial score (nSPS) is 20.7. The smallest absolute Gasteiger partial charge is 0.233 e. The molecule has 1 aromatic heterocycles. The number of benzene rings is 2. The summed E-state index contributed by atoms with van der Waals surface area (Å²) in [5.41, 5.74) is 3.16. The Balaban J connectivity index is 1.81. The number of nitriles is 1. The fourth-order valence-electron chi connectivity index (χ4n) is 3.87. The SMILES string of the molecule is CC1(C(=O)Nc2nccs2)Cc2ccc(C#N)cc2C1c1ccc(Br)cc1. The van der Waals surface area contributed by atoms with Crippen LogP contribution in [0, 0.1) is 16.7 Å². The van der Waals surface area contributed by atoms with Gasteiger partial charge in [0, 0.05) is 22.0 Å². The molecule has 2 unspecified atom stereocenters. The molecule has 0 saturated carbocycles. The molecule has 0 radical (unpaired) electrons. The van der Waals surface area contributed by atoms with Gasteiger partial charge in [0.1, 0.15) is 0 Å². The van der Waals surface area contributed by atoms with E-state index >= 15 is 0 Å². The van der Waals surface area contributed by atoms with Gasteiger partial charge >= 0.3 is 0 Å². The Morgan fingerprint density at radius 2 is 2.11 bits per heavy atom. The van der Waals surface area contributed by atoms with E-state index in [0.717, 1.165) is 21.2 Å². The van der Waals surface area contributed by atoms with Crippen molar-refractivity contribution >= 4 is 38.3 Å². The highest BCUT2D eigenvalue weighted by Gasteiger charge is 2.49. The van der Waals surface area contributed by atoms with Crippen LogP contribution < -0.4 is 5.32 Å². The second kappa shape index (κ2) is 6.91. The summed E-state index contributed by atoms with van der Waals surface area (Å²) in [6.45, 7) is 1.99. The van der Waals surface area contributed by atoms with Gasteiger partial charge in [0.2, 0.25) is 5.91 Å². The lowest BCUT2D eigenvalue weighted by Gasteiger charge is -2.31. The van der Waals surface area contributed by atoms with E-state index in [1.54, 1.807) is 6.20 Å². The number of hydrogen-bond acceptors (Lipinski definition) is 4. The predicted octanol–water partition coefficient (Wildman–Crippen LogP) is 5.11. The lowest BCUT2D eigenvalue weighted by Crippen LogP contribution is -2.37. The Kier molecular flexibility index (Phi) is 4.58. The Morgan fingerprint density at radius 1 is 1.33 bits per heavy atom. The number of halogens is 1. The first-order valence-electron chi connectivity index (χ1n) is 8.50. The molecule has 134 valence electrons. The molecule has 1 N–H and O–H groups in total. The van der Waals surface area contributed by atoms with Crippen molar-refractivity contribution in [1.82, 2.24) is 4.98 Å². The number of nitrogens with zero attached hydrogens (tertiary/aromatic N) is 2. The van der Waals surface area contributed by atoms with E-state index in [0.29, 0.717) is 17.1 Å². The fourth-order valence-corrected chi connectivity index (χ4v) is 4.66. The molecule has 4 nitrogen and oxygen atoms in total. The summed E-state index contributed by atoms with van der Waals surface area (Å²) >= 11 is 4.88. The number of aromatic nitrogens is 1. The Hall–Kier alpha value is -2.49. The van der Waals surface area contributed by atoms with Gasteiger partial charge in [0.15, 0.2) is 5.13 Å². The minimum absolute atomic E-state index is 0.0555. The van der Waals surface area contributed by atoms with Crippen molar-refractivity contribution in [1.29, 1.82) is 5.26 Å². The molecule has 4 rings (SSSR count). The van der Waals surface area contributed by atoms with Gasteiger partial charge in [-0.1, -0.05) is 34.1 Å². The highest BCUT2D eigenvalue weighted by atomic mass is 79.9. The van der Waals surface area contributed by atoms with Crippen molar-refractivity contribution in [2.75, 3.05) is 5.32 Å². The fraction of sp³-hybridized carbons (Fsp3) is 0.190. The first-order chi connectivity index (χ1) is 13.0. The first kappa shape index (κ1) is 17.9. The zero-order valence-electron chi connectivity index (χ0n) is 14.6. The molecule has 0 saturated heterocycles. The second-order valence-electron chi connectivity index (χ2n) is 6.90. The van der Waals surface area contributed by atoms with E-state index in [1.807, 2.05) is 54.8 Å². The molecule has 0 spiro atoms. The third kappa shape index (κ3) is 3.18. The van der Waals surface area contributed by atoms with Gasteiger partial charge in [0.25, 0.3) is 0 Å². The van der Waals surface area contributed by atoms with Gasteiger partial charge < -0.3 is 5.32 Å². The van der Waals surface area contributed by atoms with Gasteiger partial charge in [-0.3, -0.25) is 4.79 Å². The number of amides is 1. The third-order valence-corrected chi connectivity index (χ3v) is 6.37. The molecule has 2 aromatic carbocycles. The van der Waals surface area contributed by atoms with Crippen LogP contribution >= 0.6 is 27.3 Å². The molecular formula is C21H16BrN3OS. The standard InChI is InChI=1S/C21H16BrN3OS/c1-21(19(26)25-20-24-8-9-27-20)11-15-3-2-13(12-23)10-17(15)18(21)14-4-6-16(22)7-5-14/h2-10,18H,11H2,1H3,(H,24,25,26). The van der Waals surface area contributed by atoms with Crippen LogP contribution in [-0.2, 0) is 11.2 Å². The number of thiazole rings is 1. The van der Waals surface area contributed by atoms with Crippen molar-refractivity contribution in [3.05, 3.63) is 80.8 Å². The first-order valence-corrected chi connectivity index (χ1v) is 10.2. The summed E-state index contributed by atoms with van der Waals surface area (Å²) in [6, 6.07) is 16.0. The number of nitrogens with one attached hydrogen (secondary N) is 1. The largest absolute Gasteiger partial charge is 0.301 e. The third-order valence-electron chi connectivity index (χ3n) is 5.16. The van der Waals surface area contributed by atoms with Crippen LogP contribution in [0.15, 0.2) is 58.5 Å². The summed E-state index contributed by atoms with van der Waals surface area (Å²) in [5, 5.41) is 14.7. The summed E-state index contributed by atoms with van der Waals surface area (Å²) in [6.07, 6.45) is 2.30. The van der Waals surface area contributed by atoms with Crippen molar-refractivity contribution < 1.29 is 4.79 Å². The Morgan fingerprint density at radius 3 is 2.78 bits per heavy atom. The molecule has 1 amide bonds. The van der Waals surface area contributed by atoms with E-state index in [4.69, 9.17) is 0 Å². The maximum absolute atomic E-state index is 13.3. The van der Waals surface area contributed by atoms with E-state index in [2.05, 4.69) is 32.3 Å². The zero-order chi connectivity index (χ0) is 19.0. The summed E-state index contributed by atoms with van der Waals surface area (Å²) in [7, 11) is 0. The molecule has 0 fully saturated rings. The minimum Gasteiger partial charge on any atom is -0.301 e. The second-order valence-corrected chi connectivity index (χ2v) is 8.71. The average molecular weight is 438 g/mol. The molecule has 1 aliphatic rings. The maximum Gasteiger partial charge on any atom is 0.233 e. The zero-order valence-corrected chi connectivity index (χ0v) is 17.0. The lowest BCUT2D eigenvalue weighted by atomic mass is 9.73.